The normalized spacial score (nSPS) is 29.4. The number of aromatic nitrogens is 8. The number of nitrogens with two attached hydrogens (primary N) is 2. The molecular weight excluding hydrogens is 840 g/mol. The van der Waals surface area contributed by atoms with Gasteiger partial charge in [0.15, 0.2) is 34.8 Å². The van der Waals surface area contributed by atoms with Crippen LogP contribution in [0.5, 0.6) is 0 Å². The van der Waals surface area contributed by atoms with Gasteiger partial charge in [0.2, 0.25) is 11.9 Å². The second-order valence-corrected chi connectivity index (χ2v) is 17.2. The minimum absolute atomic E-state index is 0.149. The Morgan fingerprint density at radius 2 is 1.16 bits per heavy atom. The Labute approximate surface area is 301 Å². The van der Waals surface area contributed by atoms with Gasteiger partial charge in [0.25, 0.3) is 11.1 Å². The number of hydrogen-bond acceptors (Lipinski definition) is 22. The maximum atomic E-state index is 13.3. The lowest BCUT2D eigenvalue weighted by Crippen LogP contribution is -2.36. The number of nitrogens with zero attached hydrogens (tertiary/aromatic N) is 6. The van der Waals surface area contributed by atoms with E-state index < -0.39 is 111 Å². The zero-order chi connectivity index (χ0) is 40.4. The van der Waals surface area contributed by atoms with Gasteiger partial charge >= 0.3 is 31.3 Å². The number of aliphatic hydroxyl groups excluding tert-OH is 3. The maximum absolute atomic E-state index is 13.3. The Bertz CT molecular complexity index is 2420. The highest BCUT2D eigenvalue weighted by molar-refractivity contribution is 7.66. The van der Waals surface area contributed by atoms with E-state index >= 15 is 0 Å². The molecule has 31 nitrogen and oxygen atoms in total. The number of nitrogen functional groups attached to an aromatic ring is 2. The molecule has 35 heteroatoms. The highest BCUT2D eigenvalue weighted by Gasteiger charge is 2.52. The predicted molar refractivity (Wildman–Crippen MR) is 171 cm³/mol. The molecule has 0 saturated carbocycles. The Balaban J connectivity index is 1.20. The van der Waals surface area contributed by atoms with Crippen LogP contribution >= 0.6 is 31.3 Å². The minimum Gasteiger partial charge on any atom is -0.387 e. The van der Waals surface area contributed by atoms with Gasteiger partial charge in [-0.05, 0) is 0 Å². The van der Waals surface area contributed by atoms with E-state index in [2.05, 4.69) is 43.0 Å². The average molecular weight is 868 g/mol. The quantitative estimate of drug-likeness (QED) is 0.0540. The minimum atomic E-state index is -5.95. The van der Waals surface area contributed by atoms with Gasteiger partial charge in [0.1, 0.15) is 36.6 Å². The number of rotatable bonds is 14. The van der Waals surface area contributed by atoms with Gasteiger partial charge in [-0.2, -0.15) is 18.6 Å². The highest BCUT2D eigenvalue weighted by atomic mass is 31.3. The van der Waals surface area contributed by atoms with Crippen LogP contribution in [0.25, 0.3) is 22.3 Å². The summed E-state index contributed by atoms with van der Waals surface area (Å²) in [6.07, 6.45) is -12.7. The number of anilines is 2. The SMILES string of the molecule is Nc1nc2c(ncn2[C@@H]2O[C@H](COP(=O)(O)O[C@@H]3[C@H](O)[C@@H](COP(=O)(O)OP(=O)(O)OP(=O)(O)O)O[C@H]3n3cnc4c(=O)[nH]c(N)nc43)[C@@H](O)[C@H]2O)c(=O)[nH]1. The lowest BCUT2D eigenvalue weighted by atomic mass is 10.1. The summed E-state index contributed by atoms with van der Waals surface area (Å²) in [4.78, 5) is 91.9. The largest absolute Gasteiger partial charge is 0.490 e. The molecule has 6 heterocycles. The summed E-state index contributed by atoms with van der Waals surface area (Å²) in [5, 5.41) is 32.5. The predicted octanol–water partition coefficient (Wildman–Crippen LogP) is -3.86. The Morgan fingerprint density at radius 1 is 0.691 bits per heavy atom. The number of imidazole rings is 2. The molecule has 3 unspecified atom stereocenters. The monoisotopic (exact) mass is 868 g/mol. The first kappa shape index (κ1) is 41.3. The van der Waals surface area contributed by atoms with Crippen molar-refractivity contribution in [2.45, 2.75) is 49.1 Å². The van der Waals surface area contributed by atoms with Crippen LogP contribution in [0.3, 0.4) is 0 Å². The summed E-state index contributed by atoms with van der Waals surface area (Å²) in [6.45, 7) is -2.27. The fourth-order valence-electron chi connectivity index (χ4n) is 5.37. The standard InChI is InChI=1S/C20H28N10O21P4/c21-19-25-13-7(15(34)27-19)23-3-29(13)17-11(33)9(31)5(47-17)1-45-53(39,40)49-12-10(32)6(2-46-54(41,42)51-55(43,44)50-52(36,37)38)48-18(12)30-4-24-8-14(30)26-20(22)28-16(8)35/h3-6,9-12,17-18,31-33H,1-2H2,(H,39,40)(H,41,42)(H,43,44)(H2,36,37,38)(H3,21,25,27,34)(H3,22,26,28,35)/t5-,6-,9-,10-,11-,12-,17-,18-/m1/s1. The van der Waals surface area contributed by atoms with Gasteiger partial charge < -0.3 is 60.7 Å². The van der Waals surface area contributed by atoms with Crippen LogP contribution < -0.4 is 22.6 Å². The molecule has 11 atom stereocenters. The molecule has 55 heavy (non-hydrogen) atoms. The van der Waals surface area contributed by atoms with E-state index in [1.54, 1.807) is 0 Å². The first-order valence-electron chi connectivity index (χ1n) is 14.7. The molecule has 0 radical (unpaired) electrons. The van der Waals surface area contributed by atoms with Crippen LogP contribution in [-0.2, 0) is 49.9 Å². The van der Waals surface area contributed by atoms with Crippen molar-refractivity contribution in [3.05, 3.63) is 33.4 Å². The van der Waals surface area contributed by atoms with Gasteiger partial charge in [0.05, 0.1) is 25.9 Å². The second-order valence-electron chi connectivity index (χ2n) is 11.4. The molecule has 6 rings (SSSR count). The number of aliphatic hydroxyl groups is 3. The number of phosphoric acid groups is 4. The smallest absolute Gasteiger partial charge is 0.387 e. The third kappa shape index (κ3) is 8.95. The zero-order valence-corrected chi connectivity index (χ0v) is 30.3. The fraction of sp³-hybridized carbons (Fsp3) is 0.500. The molecule has 2 fully saturated rings. The summed E-state index contributed by atoms with van der Waals surface area (Å²) in [7, 11) is -22.9. The molecule has 0 bridgehead atoms. The molecule has 4 aromatic rings. The number of fused-ring (bicyclic) bond motifs is 2. The molecule has 0 aliphatic carbocycles. The Kier molecular flexibility index (Phi) is 11.1. The zero-order valence-electron chi connectivity index (χ0n) is 26.7. The van der Waals surface area contributed by atoms with Crippen molar-refractivity contribution >= 4 is 65.5 Å². The van der Waals surface area contributed by atoms with E-state index in [-0.39, 0.29) is 28.3 Å². The molecule has 4 aromatic heterocycles. The second kappa shape index (κ2) is 14.8. The molecule has 2 aliphatic heterocycles. The van der Waals surface area contributed by atoms with Crippen LogP contribution in [-0.4, -0.2) is 129 Å². The third-order valence-electron chi connectivity index (χ3n) is 7.57. The van der Waals surface area contributed by atoms with Crippen LogP contribution in [0, 0.1) is 0 Å². The van der Waals surface area contributed by atoms with Crippen LogP contribution in [0.1, 0.15) is 12.5 Å². The molecular formula is C20H28N10O21P4. The van der Waals surface area contributed by atoms with Crippen molar-refractivity contribution in [3.63, 3.8) is 0 Å². The van der Waals surface area contributed by atoms with E-state index in [0.29, 0.717) is 0 Å². The van der Waals surface area contributed by atoms with E-state index in [9.17, 15) is 57.8 Å². The number of aromatic amines is 2. The summed E-state index contributed by atoms with van der Waals surface area (Å²) in [5.41, 5.74) is 8.56. The van der Waals surface area contributed by atoms with Gasteiger partial charge in [-0.15, -0.1) is 0 Å². The molecule has 0 aromatic carbocycles. The van der Waals surface area contributed by atoms with Crippen molar-refractivity contribution in [3.8, 4) is 0 Å². The first-order chi connectivity index (χ1) is 25.4. The molecule has 0 amide bonds. The topological polar surface area (TPSA) is 474 Å². The van der Waals surface area contributed by atoms with Crippen molar-refractivity contribution in [2.75, 3.05) is 24.7 Å². The average Bonchev–Trinajstić information content (AvgIpc) is 3.79. The lowest BCUT2D eigenvalue weighted by Gasteiger charge is -2.25. The number of H-pyrrole nitrogens is 2. The maximum Gasteiger partial charge on any atom is 0.490 e. The summed E-state index contributed by atoms with van der Waals surface area (Å²) in [6, 6.07) is 0. The number of hydrogen-bond donors (Lipinski definition) is 12. The Morgan fingerprint density at radius 3 is 1.69 bits per heavy atom. The van der Waals surface area contributed by atoms with Crippen LogP contribution in [0.15, 0.2) is 22.2 Å². The molecule has 2 saturated heterocycles. The van der Waals surface area contributed by atoms with E-state index in [4.69, 9.17) is 39.8 Å². The van der Waals surface area contributed by atoms with Gasteiger partial charge in [-0.25, -0.2) is 28.2 Å². The molecule has 2 aliphatic rings. The van der Waals surface area contributed by atoms with Crippen molar-refractivity contribution in [2.24, 2.45) is 0 Å². The summed E-state index contributed by atoms with van der Waals surface area (Å²) < 4.78 is 83.3. The fourth-order valence-corrected chi connectivity index (χ4v) is 9.33. The summed E-state index contributed by atoms with van der Waals surface area (Å²) in [5.74, 6) is -0.756. The van der Waals surface area contributed by atoms with Crippen molar-refractivity contribution in [1.82, 2.24) is 39.0 Å². The van der Waals surface area contributed by atoms with Gasteiger partial charge in [0, 0.05) is 0 Å². The molecule has 0 spiro atoms. The number of phosphoric ester groups is 2. The van der Waals surface area contributed by atoms with E-state index in [0.717, 1.165) is 21.8 Å². The number of nitrogens with one attached hydrogen (secondary N) is 2. The first-order valence-corrected chi connectivity index (χ1v) is 20.7. The van der Waals surface area contributed by atoms with Crippen LogP contribution in [0.2, 0.25) is 0 Å². The van der Waals surface area contributed by atoms with Gasteiger partial charge in [-0.1, -0.05) is 0 Å². The highest BCUT2D eigenvalue weighted by Crippen LogP contribution is 2.66. The summed E-state index contributed by atoms with van der Waals surface area (Å²) >= 11 is 0. The van der Waals surface area contributed by atoms with Crippen LogP contribution in [0.4, 0.5) is 11.9 Å². The third-order valence-corrected chi connectivity index (χ3v) is 12.4. The van der Waals surface area contributed by atoms with Gasteiger partial charge in [-0.3, -0.25) is 42.3 Å². The number of ether oxygens (including phenoxy) is 2. The lowest BCUT2D eigenvalue weighted by molar-refractivity contribution is -0.0613. The molecule has 14 N–H and O–H groups in total. The molecule has 304 valence electrons. The van der Waals surface area contributed by atoms with E-state index in [1.807, 2.05) is 0 Å². The Hall–Kier alpha value is -3.38. The van der Waals surface area contributed by atoms with Crippen molar-refractivity contribution < 1.29 is 89.7 Å². The van der Waals surface area contributed by atoms with Crippen molar-refractivity contribution in [1.29, 1.82) is 0 Å². The van der Waals surface area contributed by atoms with E-state index in [1.165, 1.54) is 0 Å².